The van der Waals surface area contributed by atoms with E-state index in [1.165, 1.54) is 11.1 Å². The van der Waals surface area contributed by atoms with Gasteiger partial charge in [-0.15, -0.1) is 0 Å². The predicted molar refractivity (Wildman–Crippen MR) is 70.0 cm³/mol. The fourth-order valence-electron chi connectivity index (χ4n) is 1.60. The van der Waals surface area contributed by atoms with Crippen LogP contribution in [0.25, 0.3) is 6.08 Å². The third-order valence-corrected chi connectivity index (χ3v) is 2.55. The average Bonchev–Trinajstić information content (AvgIpc) is 2.38. The van der Waals surface area contributed by atoms with Crippen molar-refractivity contribution in [1.82, 2.24) is 0 Å². The molecule has 0 heterocycles. The first kappa shape index (κ1) is 10.7. The quantitative estimate of drug-likeness (QED) is 0.703. The number of hydrogen-bond donors (Lipinski definition) is 0. The van der Waals surface area contributed by atoms with E-state index in [0.717, 1.165) is 0 Å². The van der Waals surface area contributed by atoms with E-state index < -0.39 is 0 Å². The van der Waals surface area contributed by atoms with Gasteiger partial charge < -0.3 is 0 Å². The third kappa shape index (κ3) is 2.83. The minimum absolute atomic E-state index is 0.210. The standard InChI is InChI=1S/C16H15/c1-14(16-10-6-3-7-11-16)12-13-15-8-4-2-5-9-15/h2-14H,1H2. The third-order valence-electron chi connectivity index (χ3n) is 2.55. The summed E-state index contributed by atoms with van der Waals surface area (Å²) in [5, 5.41) is 0. The Labute approximate surface area is 97.3 Å². The maximum absolute atomic E-state index is 4.14. The normalized spacial score (nSPS) is 12.8. The first-order valence-electron chi connectivity index (χ1n) is 5.47. The van der Waals surface area contributed by atoms with Crippen LogP contribution in [0.2, 0.25) is 0 Å². The Balaban J connectivity index is 2.08. The Morgan fingerprint density at radius 2 is 1.38 bits per heavy atom. The van der Waals surface area contributed by atoms with Crippen molar-refractivity contribution in [2.24, 2.45) is 0 Å². The highest BCUT2D eigenvalue weighted by Gasteiger charge is 1.98. The van der Waals surface area contributed by atoms with E-state index >= 15 is 0 Å². The number of allylic oxidation sites excluding steroid dienone is 1. The molecule has 0 saturated carbocycles. The van der Waals surface area contributed by atoms with Crippen molar-refractivity contribution in [1.29, 1.82) is 0 Å². The van der Waals surface area contributed by atoms with Gasteiger partial charge in [-0.2, -0.15) is 0 Å². The first-order chi connectivity index (χ1) is 7.86. The van der Waals surface area contributed by atoms with Gasteiger partial charge in [0.15, 0.2) is 0 Å². The van der Waals surface area contributed by atoms with E-state index in [-0.39, 0.29) is 5.92 Å². The van der Waals surface area contributed by atoms with Crippen molar-refractivity contribution in [2.75, 3.05) is 0 Å². The summed E-state index contributed by atoms with van der Waals surface area (Å²) in [6, 6.07) is 20.6. The van der Waals surface area contributed by atoms with Crippen LogP contribution in [-0.4, -0.2) is 0 Å². The molecule has 0 fully saturated rings. The molecular weight excluding hydrogens is 192 g/mol. The van der Waals surface area contributed by atoms with Gasteiger partial charge in [-0.1, -0.05) is 72.8 Å². The Kier molecular flexibility index (Phi) is 3.55. The maximum atomic E-state index is 4.14. The fraction of sp³-hybridized carbons (Fsp3) is 0.0625. The van der Waals surface area contributed by atoms with Gasteiger partial charge in [0.2, 0.25) is 0 Å². The van der Waals surface area contributed by atoms with Crippen LogP contribution in [0.3, 0.4) is 0 Å². The molecule has 1 radical (unpaired) electrons. The molecule has 0 N–H and O–H groups in total. The van der Waals surface area contributed by atoms with Crippen molar-refractivity contribution >= 4 is 6.08 Å². The van der Waals surface area contributed by atoms with Crippen molar-refractivity contribution in [3.8, 4) is 0 Å². The highest BCUT2D eigenvalue weighted by atomic mass is 14.0. The summed E-state index contributed by atoms with van der Waals surface area (Å²) in [4.78, 5) is 0. The molecule has 2 rings (SSSR count). The lowest BCUT2D eigenvalue weighted by atomic mass is 10.00. The van der Waals surface area contributed by atoms with Crippen LogP contribution in [0.15, 0.2) is 66.7 Å². The molecule has 0 aliphatic heterocycles. The summed E-state index contributed by atoms with van der Waals surface area (Å²) in [5.41, 5.74) is 2.46. The summed E-state index contributed by atoms with van der Waals surface area (Å²) < 4.78 is 0. The van der Waals surface area contributed by atoms with Crippen LogP contribution in [0.5, 0.6) is 0 Å². The predicted octanol–water partition coefficient (Wildman–Crippen LogP) is 4.32. The highest BCUT2D eigenvalue weighted by molar-refractivity contribution is 5.50. The zero-order valence-corrected chi connectivity index (χ0v) is 9.21. The number of rotatable bonds is 3. The minimum atomic E-state index is 0.210. The smallest absolute Gasteiger partial charge is 0.00216 e. The van der Waals surface area contributed by atoms with Crippen LogP contribution in [-0.2, 0) is 0 Å². The van der Waals surface area contributed by atoms with Gasteiger partial charge in [-0.25, -0.2) is 0 Å². The van der Waals surface area contributed by atoms with Gasteiger partial charge in [-0.05, 0) is 18.1 Å². The van der Waals surface area contributed by atoms with Crippen LogP contribution < -0.4 is 0 Å². The van der Waals surface area contributed by atoms with E-state index in [1.807, 2.05) is 36.4 Å². The van der Waals surface area contributed by atoms with Crippen LogP contribution >= 0.6 is 0 Å². The van der Waals surface area contributed by atoms with Gasteiger partial charge in [-0.3, -0.25) is 0 Å². The number of benzene rings is 2. The summed E-state index contributed by atoms with van der Waals surface area (Å²) >= 11 is 0. The fourth-order valence-corrected chi connectivity index (χ4v) is 1.60. The Hall–Kier alpha value is -1.82. The maximum Gasteiger partial charge on any atom is 0.00216 e. The zero-order valence-electron chi connectivity index (χ0n) is 9.21. The average molecular weight is 207 g/mol. The Bertz CT molecular complexity index is 440. The molecule has 0 amide bonds. The van der Waals surface area contributed by atoms with Crippen LogP contribution in [0, 0.1) is 6.92 Å². The molecule has 2 aromatic carbocycles. The molecule has 16 heavy (non-hydrogen) atoms. The van der Waals surface area contributed by atoms with E-state index in [2.05, 4.69) is 43.3 Å². The molecule has 1 atom stereocenters. The lowest BCUT2D eigenvalue weighted by Gasteiger charge is -2.05. The van der Waals surface area contributed by atoms with E-state index in [1.54, 1.807) is 0 Å². The van der Waals surface area contributed by atoms with Gasteiger partial charge in [0.1, 0.15) is 0 Å². The lowest BCUT2D eigenvalue weighted by molar-refractivity contribution is 1.09. The molecule has 0 aromatic heterocycles. The topological polar surface area (TPSA) is 0 Å². The van der Waals surface area contributed by atoms with Crippen LogP contribution in [0.4, 0.5) is 0 Å². The van der Waals surface area contributed by atoms with Crippen molar-refractivity contribution < 1.29 is 0 Å². The molecule has 0 aliphatic rings. The molecule has 0 nitrogen and oxygen atoms in total. The van der Waals surface area contributed by atoms with E-state index in [4.69, 9.17) is 0 Å². The van der Waals surface area contributed by atoms with Gasteiger partial charge in [0, 0.05) is 5.92 Å². The van der Waals surface area contributed by atoms with Crippen molar-refractivity contribution in [3.63, 3.8) is 0 Å². The Morgan fingerprint density at radius 1 is 0.812 bits per heavy atom. The molecule has 0 aliphatic carbocycles. The molecule has 1 unspecified atom stereocenters. The van der Waals surface area contributed by atoms with Gasteiger partial charge in [0.05, 0.1) is 0 Å². The molecule has 79 valence electrons. The van der Waals surface area contributed by atoms with E-state index in [9.17, 15) is 0 Å². The lowest BCUT2D eigenvalue weighted by Crippen LogP contribution is -1.87. The second kappa shape index (κ2) is 5.32. The summed E-state index contributed by atoms with van der Waals surface area (Å²) in [6.07, 6.45) is 4.25. The highest BCUT2D eigenvalue weighted by Crippen LogP contribution is 2.16. The molecule has 2 aromatic rings. The van der Waals surface area contributed by atoms with Crippen molar-refractivity contribution in [2.45, 2.75) is 5.92 Å². The van der Waals surface area contributed by atoms with Crippen LogP contribution in [0.1, 0.15) is 17.0 Å². The molecular formula is C16H15. The summed E-state index contributed by atoms with van der Waals surface area (Å²) in [6.45, 7) is 4.14. The number of hydrogen-bond acceptors (Lipinski definition) is 0. The van der Waals surface area contributed by atoms with Gasteiger partial charge in [0.25, 0.3) is 0 Å². The SMILES string of the molecule is [CH2]C(C=Cc1ccccc1)c1ccccc1. The largest absolute Gasteiger partial charge is 0.0764 e. The Morgan fingerprint density at radius 3 is 2.00 bits per heavy atom. The first-order valence-corrected chi connectivity index (χ1v) is 5.47. The zero-order chi connectivity index (χ0) is 11.2. The molecule has 0 saturated heterocycles. The van der Waals surface area contributed by atoms with Gasteiger partial charge >= 0.3 is 0 Å². The summed E-state index contributed by atoms with van der Waals surface area (Å²) in [5.74, 6) is 0.210. The molecule has 0 bridgehead atoms. The second-order valence-electron chi connectivity index (χ2n) is 3.79. The van der Waals surface area contributed by atoms with E-state index in [0.29, 0.717) is 0 Å². The summed E-state index contributed by atoms with van der Waals surface area (Å²) in [7, 11) is 0. The molecule has 0 heteroatoms. The molecule has 0 spiro atoms. The minimum Gasteiger partial charge on any atom is -0.0764 e. The van der Waals surface area contributed by atoms with Crippen molar-refractivity contribution in [3.05, 3.63) is 84.8 Å². The second-order valence-corrected chi connectivity index (χ2v) is 3.79. The monoisotopic (exact) mass is 207 g/mol.